The van der Waals surface area contributed by atoms with Gasteiger partial charge in [0, 0.05) is 51.9 Å². The van der Waals surface area contributed by atoms with E-state index in [-0.39, 0.29) is 6.04 Å². The lowest BCUT2D eigenvalue weighted by Gasteiger charge is -2.44. The molecule has 0 bridgehead atoms. The smallest absolute Gasteiger partial charge is 0.390 e. The zero-order chi connectivity index (χ0) is 18.0. The molecule has 2 atom stereocenters. The molecule has 0 amide bonds. The third-order valence-corrected chi connectivity index (χ3v) is 5.30. The molecule has 0 aromatic heterocycles. The zero-order valence-electron chi connectivity index (χ0n) is 14.5. The lowest BCUT2D eigenvalue weighted by atomic mass is 9.98. The number of piperidine rings is 1. The molecule has 25 heavy (non-hydrogen) atoms. The van der Waals surface area contributed by atoms with Crippen LogP contribution < -0.4 is 0 Å². The Kier molecular flexibility index (Phi) is 5.68. The van der Waals surface area contributed by atoms with Crippen LogP contribution in [0.2, 0.25) is 0 Å². The SMILES string of the molecule is CN1CCN([C@@H]2CCN(Cc3cccc(C(F)(F)F)c3)C[C@H]2O)CC1. The molecule has 4 nitrogen and oxygen atoms in total. The standard InChI is InChI=1S/C18H26F3N3O/c1-22-7-9-24(10-8-22)16-5-6-23(13-17(16)25)12-14-3-2-4-15(11-14)18(19,20)21/h2-4,11,16-17,25H,5-10,12-13H2,1H3/t16-,17-/m1/s1. The molecule has 1 aromatic rings. The summed E-state index contributed by atoms with van der Waals surface area (Å²) in [6.45, 7) is 5.69. The maximum Gasteiger partial charge on any atom is 0.416 e. The highest BCUT2D eigenvalue weighted by Gasteiger charge is 2.34. The van der Waals surface area contributed by atoms with E-state index in [2.05, 4.69) is 16.8 Å². The zero-order valence-corrected chi connectivity index (χ0v) is 14.5. The summed E-state index contributed by atoms with van der Waals surface area (Å²) in [6, 6.07) is 5.63. The Morgan fingerprint density at radius 1 is 1.12 bits per heavy atom. The Bertz CT molecular complexity index is 573. The Hall–Kier alpha value is -1.15. The van der Waals surface area contributed by atoms with Crippen molar-refractivity contribution in [2.45, 2.75) is 31.3 Å². The average molecular weight is 357 g/mol. The van der Waals surface area contributed by atoms with Crippen molar-refractivity contribution in [3.8, 4) is 0 Å². The van der Waals surface area contributed by atoms with E-state index < -0.39 is 17.8 Å². The quantitative estimate of drug-likeness (QED) is 0.895. The van der Waals surface area contributed by atoms with Crippen molar-refractivity contribution < 1.29 is 18.3 Å². The van der Waals surface area contributed by atoms with Crippen molar-refractivity contribution in [2.24, 2.45) is 0 Å². The largest absolute Gasteiger partial charge is 0.416 e. The molecule has 2 fully saturated rings. The highest BCUT2D eigenvalue weighted by atomic mass is 19.4. The number of benzene rings is 1. The first-order valence-electron chi connectivity index (χ1n) is 8.82. The van der Waals surface area contributed by atoms with Crippen LogP contribution in [0.4, 0.5) is 13.2 Å². The van der Waals surface area contributed by atoms with Crippen molar-refractivity contribution in [3.05, 3.63) is 35.4 Å². The summed E-state index contributed by atoms with van der Waals surface area (Å²) in [6.07, 6.45) is -3.92. The van der Waals surface area contributed by atoms with Crippen LogP contribution in [0.1, 0.15) is 17.5 Å². The molecule has 2 saturated heterocycles. The number of hydrogen-bond acceptors (Lipinski definition) is 4. The Labute approximate surface area is 146 Å². The predicted molar refractivity (Wildman–Crippen MR) is 90.2 cm³/mol. The molecule has 1 N–H and O–H groups in total. The summed E-state index contributed by atoms with van der Waals surface area (Å²) in [4.78, 5) is 6.69. The van der Waals surface area contributed by atoms with Gasteiger partial charge in [0.15, 0.2) is 0 Å². The monoisotopic (exact) mass is 357 g/mol. The number of alkyl halides is 3. The van der Waals surface area contributed by atoms with Crippen LogP contribution in [0, 0.1) is 0 Å². The van der Waals surface area contributed by atoms with Gasteiger partial charge in [0.25, 0.3) is 0 Å². The summed E-state index contributed by atoms with van der Waals surface area (Å²) in [5.41, 5.74) is 0.0259. The highest BCUT2D eigenvalue weighted by Crippen LogP contribution is 2.30. The second-order valence-electron chi connectivity index (χ2n) is 7.20. The van der Waals surface area contributed by atoms with Crippen molar-refractivity contribution in [2.75, 3.05) is 46.3 Å². The first kappa shape index (κ1) is 18.6. The molecule has 7 heteroatoms. The number of likely N-dealkylation sites (N-methyl/N-ethyl adjacent to an activating group) is 1. The normalized spacial score (nSPS) is 27.6. The number of aliphatic hydroxyl groups is 1. The second kappa shape index (κ2) is 7.61. The molecule has 140 valence electrons. The summed E-state index contributed by atoms with van der Waals surface area (Å²) in [5, 5.41) is 10.5. The van der Waals surface area contributed by atoms with Crippen LogP contribution in [-0.2, 0) is 12.7 Å². The van der Waals surface area contributed by atoms with Crippen LogP contribution in [0.5, 0.6) is 0 Å². The molecular formula is C18H26F3N3O. The number of β-amino-alcohol motifs (C(OH)–C–C–N with tert-alkyl or cyclic N) is 1. The number of likely N-dealkylation sites (tertiary alicyclic amines) is 1. The second-order valence-corrected chi connectivity index (χ2v) is 7.20. The number of halogens is 3. The van der Waals surface area contributed by atoms with Crippen LogP contribution in [0.3, 0.4) is 0 Å². The van der Waals surface area contributed by atoms with Gasteiger partial charge in [-0.2, -0.15) is 13.2 Å². The fraction of sp³-hybridized carbons (Fsp3) is 0.667. The minimum atomic E-state index is -4.32. The molecule has 3 rings (SSSR count). The Morgan fingerprint density at radius 2 is 1.84 bits per heavy atom. The molecule has 0 radical (unpaired) electrons. The van der Waals surface area contributed by atoms with Crippen LogP contribution in [0.15, 0.2) is 24.3 Å². The Balaban J connectivity index is 1.56. The molecule has 2 aliphatic heterocycles. The number of rotatable bonds is 3. The van der Waals surface area contributed by atoms with Crippen molar-refractivity contribution in [3.63, 3.8) is 0 Å². The molecule has 0 unspecified atom stereocenters. The summed E-state index contributed by atoms with van der Waals surface area (Å²) < 4.78 is 38.5. The number of aliphatic hydroxyl groups excluding tert-OH is 1. The number of piperazine rings is 1. The molecule has 0 saturated carbocycles. The van der Waals surface area contributed by atoms with E-state index in [1.165, 1.54) is 12.1 Å². The maximum atomic E-state index is 12.8. The fourth-order valence-electron chi connectivity index (χ4n) is 3.81. The summed E-state index contributed by atoms with van der Waals surface area (Å²) >= 11 is 0. The van der Waals surface area contributed by atoms with E-state index in [9.17, 15) is 18.3 Å². The third-order valence-electron chi connectivity index (χ3n) is 5.30. The van der Waals surface area contributed by atoms with Gasteiger partial charge in [-0.3, -0.25) is 9.80 Å². The number of hydrogen-bond donors (Lipinski definition) is 1. The number of nitrogens with zero attached hydrogens (tertiary/aromatic N) is 3. The molecule has 2 aliphatic rings. The van der Waals surface area contributed by atoms with Crippen LogP contribution in [-0.4, -0.2) is 78.3 Å². The molecule has 1 aromatic carbocycles. The minimum absolute atomic E-state index is 0.159. The average Bonchev–Trinajstić information content (AvgIpc) is 2.56. The van der Waals surface area contributed by atoms with E-state index in [1.807, 2.05) is 4.90 Å². The Morgan fingerprint density at radius 3 is 2.48 bits per heavy atom. The van der Waals surface area contributed by atoms with Gasteiger partial charge in [-0.25, -0.2) is 0 Å². The van der Waals surface area contributed by atoms with E-state index >= 15 is 0 Å². The molecular weight excluding hydrogens is 331 g/mol. The lowest BCUT2D eigenvalue weighted by Crippen LogP contribution is -2.58. The lowest BCUT2D eigenvalue weighted by molar-refractivity contribution is -0.137. The first-order valence-corrected chi connectivity index (χ1v) is 8.82. The van der Waals surface area contributed by atoms with Crippen molar-refractivity contribution in [1.82, 2.24) is 14.7 Å². The van der Waals surface area contributed by atoms with Crippen molar-refractivity contribution >= 4 is 0 Å². The third kappa shape index (κ3) is 4.73. The van der Waals surface area contributed by atoms with Gasteiger partial charge in [0.1, 0.15) is 0 Å². The molecule has 2 heterocycles. The van der Waals surface area contributed by atoms with Crippen LogP contribution in [0.25, 0.3) is 0 Å². The van der Waals surface area contributed by atoms with Gasteiger partial charge in [0.2, 0.25) is 0 Å². The topological polar surface area (TPSA) is 30.0 Å². The minimum Gasteiger partial charge on any atom is -0.390 e. The van der Waals surface area contributed by atoms with E-state index in [4.69, 9.17) is 0 Å². The van der Waals surface area contributed by atoms with Gasteiger partial charge in [-0.15, -0.1) is 0 Å². The summed E-state index contributed by atoms with van der Waals surface area (Å²) in [7, 11) is 2.10. The van der Waals surface area contributed by atoms with Crippen LogP contribution >= 0.6 is 0 Å². The molecule has 0 spiro atoms. The predicted octanol–water partition coefficient (Wildman–Crippen LogP) is 1.89. The van der Waals surface area contributed by atoms with E-state index in [1.54, 1.807) is 6.07 Å². The van der Waals surface area contributed by atoms with Gasteiger partial charge >= 0.3 is 6.18 Å². The summed E-state index contributed by atoms with van der Waals surface area (Å²) in [5.74, 6) is 0. The van der Waals surface area contributed by atoms with E-state index in [0.717, 1.165) is 45.2 Å². The maximum absolute atomic E-state index is 12.8. The fourth-order valence-corrected chi connectivity index (χ4v) is 3.81. The van der Waals surface area contributed by atoms with Gasteiger partial charge in [0.05, 0.1) is 11.7 Å². The first-order chi connectivity index (χ1) is 11.8. The van der Waals surface area contributed by atoms with Gasteiger partial charge < -0.3 is 10.0 Å². The van der Waals surface area contributed by atoms with Gasteiger partial charge in [-0.1, -0.05) is 18.2 Å². The highest BCUT2D eigenvalue weighted by molar-refractivity contribution is 5.25. The molecule has 0 aliphatic carbocycles. The van der Waals surface area contributed by atoms with Crippen molar-refractivity contribution in [1.29, 1.82) is 0 Å². The van der Waals surface area contributed by atoms with E-state index in [0.29, 0.717) is 18.7 Å². The van der Waals surface area contributed by atoms with Gasteiger partial charge in [-0.05, 0) is 25.1 Å².